The van der Waals surface area contributed by atoms with Crippen LogP contribution < -0.4 is 10.6 Å². The summed E-state index contributed by atoms with van der Waals surface area (Å²) in [6, 6.07) is 4.42. The summed E-state index contributed by atoms with van der Waals surface area (Å²) in [5, 5.41) is 12.9. The first-order valence-corrected chi connectivity index (χ1v) is 8.68. The van der Waals surface area contributed by atoms with Gasteiger partial charge in [-0.15, -0.1) is 10.2 Å². The van der Waals surface area contributed by atoms with Crippen molar-refractivity contribution in [2.24, 2.45) is 0 Å². The molecule has 0 radical (unpaired) electrons. The third kappa shape index (κ3) is 6.61. The number of halogens is 3. The highest BCUT2D eigenvalue weighted by Gasteiger charge is 2.33. The minimum Gasteiger partial charge on any atom is -0.456 e. The Labute approximate surface area is 161 Å². The Bertz CT molecular complexity index is 870. The Kier molecular flexibility index (Phi) is 7.04. The molecule has 0 bridgehead atoms. The molecule has 28 heavy (non-hydrogen) atoms. The number of hydrogen-bond acceptors (Lipinski definition) is 7. The van der Waals surface area contributed by atoms with Gasteiger partial charge < -0.3 is 15.4 Å². The molecule has 2 amide bonds. The van der Waals surface area contributed by atoms with Crippen LogP contribution >= 0.6 is 11.3 Å². The second kappa shape index (κ2) is 9.26. The van der Waals surface area contributed by atoms with Crippen LogP contribution in [0, 0.1) is 6.92 Å². The Morgan fingerprint density at radius 2 is 1.79 bits per heavy atom. The lowest BCUT2D eigenvalue weighted by atomic mass is 10.1. The quantitative estimate of drug-likeness (QED) is 0.672. The highest BCUT2D eigenvalue weighted by Crippen LogP contribution is 2.34. The lowest BCUT2D eigenvalue weighted by molar-refractivity contribution is -0.148. The number of rotatable bonds is 7. The molecule has 0 saturated carbocycles. The summed E-state index contributed by atoms with van der Waals surface area (Å²) in [6.07, 6.45) is -5.16. The second-order valence-electron chi connectivity index (χ2n) is 5.43. The molecule has 1 aromatic heterocycles. The fraction of sp³-hybridized carbons (Fsp3) is 0.312. The van der Waals surface area contributed by atoms with Gasteiger partial charge in [-0.05, 0) is 19.1 Å². The Hall–Kier alpha value is -3.02. The summed E-state index contributed by atoms with van der Waals surface area (Å²) in [6.45, 7) is 0.936. The van der Waals surface area contributed by atoms with Gasteiger partial charge in [-0.3, -0.25) is 14.4 Å². The SMILES string of the molecule is Cc1nnc(NC(=O)CCC(=O)OCC(=O)Nc2ccccc2C(F)(F)F)s1. The monoisotopic (exact) mass is 416 g/mol. The van der Waals surface area contributed by atoms with Gasteiger partial charge in [0.05, 0.1) is 17.7 Å². The van der Waals surface area contributed by atoms with Crippen LogP contribution in [0.25, 0.3) is 0 Å². The summed E-state index contributed by atoms with van der Waals surface area (Å²) in [7, 11) is 0. The normalized spacial score (nSPS) is 11.0. The molecular formula is C16H15F3N4O4S. The van der Waals surface area contributed by atoms with E-state index in [9.17, 15) is 27.6 Å². The molecule has 12 heteroatoms. The van der Waals surface area contributed by atoms with E-state index in [-0.39, 0.29) is 12.8 Å². The number of esters is 1. The van der Waals surface area contributed by atoms with Crippen LogP contribution in [0.1, 0.15) is 23.4 Å². The van der Waals surface area contributed by atoms with Gasteiger partial charge in [0.1, 0.15) is 5.01 Å². The van der Waals surface area contributed by atoms with Crippen molar-refractivity contribution in [2.45, 2.75) is 25.9 Å². The molecule has 0 spiro atoms. The van der Waals surface area contributed by atoms with E-state index in [2.05, 4.69) is 20.3 Å². The molecule has 0 aliphatic heterocycles. The van der Waals surface area contributed by atoms with Gasteiger partial charge in [0, 0.05) is 6.42 Å². The van der Waals surface area contributed by atoms with Gasteiger partial charge in [-0.25, -0.2) is 0 Å². The Morgan fingerprint density at radius 1 is 1.07 bits per heavy atom. The molecule has 0 fully saturated rings. The van der Waals surface area contributed by atoms with E-state index in [1.807, 2.05) is 5.32 Å². The summed E-state index contributed by atoms with van der Waals surface area (Å²) < 4.78 is 43.3. The topological polar surface area (TPSA) is 110 Å². The summed E-state index contributed by atoms with van der Waals surface area (Å²) in [5.74, 6) is -2.27. The van der Waals surface area contributed by atoms with E-state index in [4.69, 9.17) is 0 Å². The summed E-state index contributed by atoms with van der Waals surface area (Å²) in [4.78, 5) is 35.0. The zero-order valence-corrected chi connectivity index (χ0v) is 15.3. The predicted molar refractivity (Wildman–Crippen MR) is 93.5 cm³/mol. The number of nitrogens with zero attached hydrogens (tertiary/aromatic N) is 2. The van der Waals surface area contributed by atoms with Gasteiger partial charge in [-0.1, -0.05) is 23.5 Å². The van der Waals surface area contributed by atoms with E-state index in [0.717, 1.165) is 23.5 Å². The van der Waals surface area contributed by atoms with Crippen LogP contribution in [-0.2, 0) is 25.3 Å². The lowest BCUT2D eigenvalue weighted by Crippen LogP contribution is -2.23. The molecule has 2 N–H and O–H groups in total. The van der Waals surface area contributed by atoms with E-state index >= 15 is 0 Å². The highest BCUT2D eigenvalue weighted by molar-refractivity contribution is 7.15. The van der Waals surface area contributed by atoms with Crippen molar-refractivity contribution in [3.8, 4) is 0 Å². The Balaban J connectivity index is 1.75. The molecular weight excluding hydrogens is 401 g/mol. The first-order valence-electron chi connectivity index (χ1n) is 7.87. The molecule has 0 unspecified atom stereocenters. The number of nitrogens with one attached hydrogen (secondary N) is 2. The number of carbonyl (C=O) groups excluding carboxylic acids is 3. The molecule has 2 aromatic rings. The van der Waals surface area contributed by atoms with Gasteiger partial charge in [0.25, 0.3) is 5.91 Å². The number of aromatic nitrogens is 2. The minimum absolute atomic E-state index is 0.212. The fourth-order valence-electron chi connectivity index (χ4n) is 1.99. The van der Waals surface area contributed by atoms with Crippen molar-refractivity contribution in [3.63, 3.8) is 0 Å². The number of alkyl halides is 3. The van der Waals surface area contributed by atoms with Crippen LogP contribution in [0.4, 0.5) is 24.0 Å². The van der Waals surface area contributed by atoms with Gasteiger partial charge in [0.2, 0.25) is 11.0 Å². The third-order valence-electron chi connectivity index (χ3n) is 3.20. The smallest absolute Gasteiger partial charge is 0.418 e. The number of anilines is 2. The molecule has 2 rings (SSSR count). The predicted octanol–water partition coefficient (Wildman–Crippen LogP) is 2.77. The van der Waals surface area contributed by atoms with Crippen molar-refractivity contribution in [1.29, 1.82) is 0 Å². The van der Waals surface area contributed by atoms with Crippen molar-refractivity contribution in [2.75, 3.05) is 17.2 Å². The van der Waals surface area contributed by atoms with Crippen LogP contribution in [0.15, 0.2) is 24.3 Å². The number of ether oxygens (including phenoxy) is 1. The maximum Gasteiger partial charge on any atom is 0.418 e. The molecule has 1 aromatic carbocycles. The summed E-state index contributed by atoms with van der Waals surface area (Å²) in [5.41, 5.74) is -1.46. The minimum atomic E-state index is -4.64. The van der Waals surface area contributed by atoms with E-state index < -0.39 is 41.8 Å². The zero-order valence-electron chi connectivity index (χ0n) is 14.5. The number of carbonyl (C=O) groups is 3. The average molecular weight is 416 g/mol. The number of hydrogen-bond donors (Lipinski definition) is 2. The number of amides is 2. The van der Waals surface area contributed by atoms with Crippen LogP contribution in [0.5, 0.6) is 0 Å². The molecule has 0 atom stereocenters. The largest absolute Gasteiger partial charge is 0.456 e. The maximum absolute atomic E-state index is 12.9. The zero-order chi connectivity index (χ0) is 20.7. The van der Waals surface area contributed by atoms with Crippen molar-refractivity contribution in [3.05, 3.63) is 34.8 Å². The average Bonchev–Trinajstić information content (AvgIpc) is 3.02. The number of para-hydroxylation sites is 1. The fourth-order valence-corrected chi connectivity index (χ4v) is 2.60. The van der Waals surface area contributed by atoms with E-state index in [0.29, 0.717) is 10.1 Å². The van der Waals surface area contributed by atoms with Gasteiger partial charge in [-0.2, -0.15) is 13.2 Å². The highest BCUT2D eigenvalue weighted by atomic mass is 32.1. The van der Waals surface area contributed by atoms with Crippen LogP contribution in [-0.4, -0.2) is 34.6 Å². The van der Waals surface area contributed by atoms with Gasteiger partial charge >= 0.3 is 12.1 Å². The maximum atomic E-state index is 12.9. The van der Waals surface area contributed by atoms with E-state index in [1.54, 1.807) is 6.92 Å². The molecule has 1 heterocycles. The standard InChI is InChI=1S/C16H15F3N4O4S/c1-9-22-23-15(28-9)21-12(24)6-7-14(26)27-8-13(25)20-11-5-3-2-4-10(11)16(17,18)19/h2-5H,6-8H2,1H3,(H,20,25)(H,21,23,24). The molecule has 8 nitrogen and oxygen atoms in total. The van der Waals surface area contributed by atoms with Crippen LogP contribution in [0.3, 0.4) is 0 Å². The van der Waals surface area contributed by atoms with Gasteiger partial charge in [0.15, 0.2) is 6.61 Å². The molecule has 0 aliphatic carbocycles. The second-order valence-corrected chi connectivity index (χ2v) is 6.61. The van der Waals surface area contributed by atoms with Crippen molar-refractivity contribution < 1.29 is 32.3 Å². The molecule has 0 saturated heterocycles. The summed E-state index contributed by atoms with van der Waals surface area (Å²) >= 11 is 1.16. The van der Waals surface area contributed by atoms with E-state index in [1.165, 1.54) is 12.1 Å². The van der Waals surface area contributed by atoms with Crippen molar-refractivity contribution >= 4 is 39.9 Å². The number of benzene rings is 1. The number of aryl methyl sites for hydroxylation is 1. The first-order chi connectivity index (χ1) is 13.1. The van der Waals surface area contributed by atoms with Crippen molar-refractivity contribution in [1.82, 2.24) is 10.2 Å². The third-order valence-corrected chi connectivity index (χ3v) is 3.95. The molecule has 0 aliphatic rings. The van der Waals surface area contributed by atoms with Crippen LogP contribution in [0.2, 0.25) is 0 Å². The first kappa shape index (κ1) is 21.3. The lowest BCUT2D eigenvalue weighted by Gasteiger charge is -2.13. The molecule has 150 valence electrons. The Morgan fingerprint density at radius 3 is 2.43 bits per heavy atom.